The number of aliphatic hydroxyl groups is 1. The lowest BCUT2D eigenvalue weighted by molar-refractivity contribution is 0.205. The summed E-state index contributed by atoms with van der Waals surface area (Å²) < 4.78 is 1.96. The summed E-state index contributed by atoms with van der Waals surface area (Å²) in [5, 5.41) is 10.3. The number of hydrogen-bond acceptors (Lipinski definition) is 2. The van der Waals surface area contributed by atoms with Crippen LogP contribution in [-0.2, 0) is 13.0 Å². The minimum Gasteiger partial charge on any atom is -0.380 e. The van der Waals surface area contributed by atoms with E-state index in [9.17, 15) is 5.11 Å². The molecule has 0 saturated heterocycles. The van der Waals surface area contributed by atoms with Crippen LogP contribution in [-0.4, -0.2) is 14.7 Å². The Kier molecular flexibility index (Phi) is 3.59. The third-order valence-electron chi connectivity index (χ3n) is 3.04. The van der Waals surface area contributed by atoms with Gasteiger partial charge in [0.25, 0.3) is 0 Å². The third-order valence-corrected chi connectivity index (χ3v) is 3.04. The lowest BCUT2D eigenvalue weighted by Crippen LogP contribution is -2.08. The van der Waals surface area contributed by atoms with E-state index in [-0.39, 0.29) is 0 Å². The van der Waals surface area contributed by atoms with Gasteiger partial charge in [-0.15, -0.1) is 0 Å². The average Bonchev–Trinajstić information content (AvgIpc) is 2.86. The van der Waals surface area contributed by atoms with E-state index in [0.29, 0.717) is 5.82 Å². The van der Waals surface area contributed by atoms with E-state index >= 15 is 0 Å². The number of hydrogen-bond donors (Lipinski definition) is 1. The monoisotopic (exact) mass is 230 g/mol. The maximum absolute atomic E-state index is 10.3. The fourth-order valence-corrected chi connectivity index (χ4v) is 1.92. The van der Waals surface area contributed by atoms with Gasteiger partial charge in [0.05, 0.1) is 0 Å². The summed E-state index contributed by atoms with van der Waals surface area (Å²) in [6.45, 7) is 4.98. The van der Waals surface area contributed by atoms with Gasteiger partial charge >= 0.3 is 0 Å². The number of rotatable bonds is 4. The highest BCUT2D eigenvalue weighted by atomic mass is 16.3. The van der Waals surface area contributed by atoms with Crippen LogP contribution < -0.4 is 0 Å². The van der Waals surface area contributed by atoms with Crippen molar-refractivity contribution in [3.8, 4) is 0 Å². The molecule has 1 N–H and O–H groups in total. The largest absolute Gasteiger partial charge is 0.380 e. The molecule has 0 aliphatic carbocycles. The Morgan fingerprint density at radius 2 is 1.94 bits per heavy atom. The lowest BCUT2D eigenvalue weighted by atomic mass is 10.1. The summed E-state index contributed by atoms with van der Waals surface area (Å²) in [5.74, 6) is 0.705. The van der Waals surface area contributed by atoms with Crippen LogP contribution in [0.15, 0.2) is 36.7 Å². The second-order valence-electron chi connectivity index (χ2n) is 4.07. The Morgan fingerprint density at radius 3 is 2.53 bits per heavy atom. The van der Waals surface area contributed by atoms with E-state index in [4.69, 9.17) is 0 Å². The summed E-state index contributed by atoms with van der Waals surface area (Å²) in [4.78, 5) is 4.22. The molecule has 2 rings (SSSR count). The van der Waals surface area contributed by atoms with Gasteiger partial charge in [-0.3, -0.25) is 0 Å². The van der Waals surface area contributed by atoms with Crippen LogP contribution in [0.4, 0.5) is 0 Å². The van der Waals surface area contributed by atoms with Crippen molar-refractivity contribution in [1.29, 1.82) is 0 Å². The first-order chi connectivity index (χ1) is 8.26. The second-order valence-corrected chi connectivity index (χ2v) is 4.07. The van der Waals surface area contributed by atoms with E-state index in [1.807, 2.05) is 29.8 Å². The van der Waals surface area contributed by atoms with E-state index in [2.05, 4.69) is 24.0 Å². The minimum absolute atomic E-state index is 0.643. The Balaban J connectivity index is 2.27. The first kappa shape index (κ1) is 11.9. The van der Waals surface area contributed by atoms with Crippen molar-refractivity contribution in [2.24, 2.45) is 0 Å². The van der Waals surface area contributed by atoms with Crippen LogP contribution in [0.25, 0.3) is 0 Å². The molecule has 1 heterocycles. The van der Waals surface area contributed by atoms with E-state index in [1.165, 1.54) is 5.56 Å². The van der Waals surface area contributed by atoms with Crippen LogP contribution in [0.5, 0.6) is 0 Å². The van der Waals surface area contributed by atoms with Crippen molar-refractivity contribution in [2.45, 2.75) is 32.9 Å². The van der Waals surface area contributed by atoms with E-state index in [0.717, 1.165) is 18.5 Å². The highest BCUT2D eigenvalue weighted by Gasteiger charge is 2.15. The van der Waals surface area contributed by atoms with Crippen LogP contribution in [0.2, 0.25) is 0 Å². The van der Waals surface area contributed by atoms with E-state index < -0.39 is 6.10 Å². The molecule has 17 heavy (non-hydrogen) atoms. The number of aromatic nitrogens is 2. The molecule has 3 heteroatoms. The third kappa shape index (κ3) is 2.39. The first-order valence-electron chi connectivity index (χ1n) is 6.04. The average molecular weight is 230 g/mol. The van der Waals surface area contributed by atoms with Gasteiger partial charge in [0, 0.05) is 18.9 Å². The van der Waals surface area contributed by atoms with Crippen LogP contribution >= 0.6 is 0 Å². The summed E-state index contributed by atoms with van der Waals surface area (Å²) in [6.07, 6.45) is 3.98. The summed E-state index contributed by atoms with van der Waals surface area (Å²) in [5.41, 5.74) is 2.17. The molecule has 0 saturated carbocycles. The molecule has 1 atom stereocenters. The highest BCUT2D eigenvalue weighted by molar-refractivity contribution is 5.27. The molecule has 0 aliphatic heterocycles. The maximum atomic E-state index is 10.3. The zero-order valence-corrected chi connectivity index (χ0v) is 10.3. The molecule has 3 nitrogen and oxygen atoms in total. The fourth-order valence-electron chi connectivity index (χ4n) is 1.92. The fraction of sp³-hybridized carbons (Fsp3) is 0.357. The topological polar surface area (TPSA) is 38.1 Å². The molecule has 90 valence electrons. The molecule has 1 aromatic carbocycles. The zero-order chi connectivity index (χ0) is 12.3. The van der Waals surface area contributed by atoms with Crippen molar-refractivity contribution in [1.82, 2.24) is 9.55 Å². The Morgan fingerprint density at radius 1 is 1.24 bits per heavy atom. The summed E-state index contributed by atoms with van der Waals surface area (Å²) >= 11 is 0. The molecular formula is C14H18N2O. The molecule has 0 spiro atoms. The number of benzene rings is 1. The zero-order valence-electron chi connectivity index (χ0n) is 10.3. The molecule has 0 aliphatic rings. The van der Waals surface area contributed by atoms with Crippen molar-refractivity contribution >= 4 is 0 Å². The SMILES string of the molecule is CCc1ccc(C(O)c2nccn2CC)cc1. The van der Waals surface area contributed by atoms with Crippen molar-refractivity contribution in [2.75, 3.05) is 0 Å². The van der Waals surface area contributed by atoms with Gasteiger partial charge in [-0.2, -0.15) is 0 Å². The molecule has 1 unspecified atom stereocenters. The Hall–Kier alpha value is -1.61. The Labute approximate surface area is 102 Å². The van der Waals surface area contributed by atoms with Gasteiger partial charge in [0.15, 0.2) is 0 Å². The van der Waals surface area contributed by atoms with Crippen molar-refractivity contribution in [3.63, 3.8) is 0 Å². The highest BCUT2D eigenvalue weighted by Crippen LogP contribution is 2.21. The van der Waals surface area contributed by atoms with Crippen molar-refractivity contribution in [3.05, 3.63) is 53.6 Å². The van der Waals surface area contributed by atoms with Gasteiger partial charge in [-0.05, 0) is 24.5 Å². The standard InChI is InChI=1S/C14H18N2O/c1-3-11-5-7-12(8-6-11)13(17)14-15-9-10-16(14)4-2/h5-10,13,17H,3-4H2,1-2H3. The van der Waals surface area contributed by atoms with Crippen LogP contribution in [0.3, 0.4) is 0 Å². The Bertz CT molecular complexity index is 473. The molecule has 0 bridgehead atoms. The van der Waals surface area contributed by atoms with Gasteiger partial charge < -0.3 is 9.67 Å². The van der Waals surface area contributed by atoms with Gasteiger partial charge in [-0.1, -0.05) is 31.2 Å². The number of nitrogens with zero attached hydrogens (tertiary/aromatic N) is 2. The first-order valence-corrected chi connectivity index (χ1v) is 6.04. The van der Waals surface area contributed by atoms with E-state index in [1.54, 1.807) is 6.20 Å². The molecule has 0 amide bonds. The predicted octanol–water partition coefficient (Wildman–Crippen LogP) is 2.55. The lowest BCUT2D eigenvalue weighted by Gasteiger charge is -2.12. The van der Waals surface area contributed by atoms with Crippen LogP contribution in [0, 0.1) is 0 Å². The van der Waals surface area contributed by atoms with Crippen LogP contribution in [0.1, 0.15) is 36.9 Å². The predicted molar refractivity (Wildman–Crippen MR) is 67.8 cm³/mol. The maximum Gasteiger partial charge on any atom is 0.142 e. The molecular weight excluding hydrogens is 212 g/mol. The molecule has 0 fully saturated rings. The summed E-state index contributed by atoms with van der Waals surface area (Å²) in [7, 11) is 0. The van der Waals surface area contributed by atoms with Crippen molar-refractivity contribution < 1.29 is 5.11 Å². The smallest absolute Gasteiger partial charge is 0.142 e. The van der Waals surface area contributed by atoms with Gasteiger partial charge in [-0.25, -0.2) is 4.98 Å². The minimum atomic E-state index is -0.643. The van der Waals surface area contributed by atoms with Gasteiger partial charge in [0.2, 0.25) is 0 Å². The normalized spacial score (nSPS) is 12.6. The molecule has 2 aromatic rings. The van der Waals surface area contributed by atoms with Gasteiger partial charge in [0.1, 0.15) is 11.9 Å². The second kappa shape index (κ2) is 5.15. The quantitative estimate of drug-likeness (QED) is 0.876. The number of aliphatic hydroxyl groups excluding tert-OH is 1. The number of imidazole rings is 1. The number of aryl methyl sites for hydroxylation is 2. The summed E-state index contributed by atoms with van der Waals surface area (Å²) in [6, 6.07) is 8.05. The molecule has 0 radical (unpaired) electrons. The molecule has 1 aromatic heterocycles.